The van der Waals surface area contributed by atoms with Crippen molar-refractivity contribution in [3.8, 4) is 0 Å². The van der Waals surface area contributed by atoms with Crippen molar-refractivity contribution in [3.05, 3.63) is 40.9 Å². The van der Waals surface area contributed by atoms with Crippen LogP contribution in [0.15, 0.2) is 50.8 Å². The minimum atomic E-state index is -0.00471. The number of piperidine rings is 1. The number of methoxy groups -OCH3 is 1. The number of aromatic nitrogens is 2. The number of nitrogens with zero attached hydrogens (tertiary/aromatic N) is 3. The predicted molar refractivity (Wildman–Crippen MR) is 115 cm³/mol. The van der Waals surface area contributed by atoms with Crippen molar-refractivity contribution >= 4 is 39.4 Å². The van der Waals surface area contributed by atoms with Gasteiger partial charge in [-0.3, -0.25) is 4.79 Å². The summed E-state index contributed by atoms with van der Waals surface area (Å²) in [4.78, 5) is 15.7. The number of rotatable bonds is 8. The lowest BCUT2D eigenvalue weighted by atomic mass is 9.97. The summed E-state index contributed by atoms with van der Waals surface area (Å²) in [5.74, 6) is 0.947. The summed E-state index contributed by atoms with van der Waals surface area (Å²) in [7, 11) is 1.67. The number of halogens is 1. The van der Waals surface area contributed by atoms with Crippen LogP contribution in [0.4, 0.5) is 5.82 Å². The lowest BCUT2D eigenvalue weighted by Gasteiger charge is -2.32. The van der Waals surface area contributed by atoms with Gasteiger partial charge in [-0.25, -0.2) is 0 Å². The van der Waals surface area contributed by atoms with Gasteiger partial charge in [-0.05, 0) is 55.7 Å². The minimum Gasteiger partial charge on any atom is -0.385 e. The number of benzene rings is 1. The van der Waals surface area contributed by atoms with E-state index in [-0.39, 0.29) is 11.8 Å². The van der Waals surface area contributed by atoms with Crippen molar-refractivity contribution in [2.75, 3.05) is 38.3 Å². The van der Waals surface area contributed by atoms with E-state index in [2.05, 4.69) is 36.3 Å². The first-order valence-electron chi connectivity index (χ1n) is 9.44. The Hall–Kier alpha value is -1.64. The highest BCUT2D eigenvalue weighted by Crippen LogP contribution is 2.28. The van der Waals surface area contributed by atoms with Crippen molar-refractivity contribution in [1.82, 2.24) is 15.5 Å². The second kappa shape index (κ2) is 10.8. The fraction of sp³-hybridized carbons (Fsp3) is 0.450. The molecule has 0 radical (unpaired) electrons. The number of amides is 1. The zero-order chi connectivity index (χ0) is 19.8. The van der Waals surface area contributed by atoms with E-state index in [1.165, 1.54) is 0 Å². The van der Waals surface area contributed by atoms with Crippen LogP contribution in [0.5, 0.6) is 0 Å². The van der Waals surface area contributed by atoms with E-state index in [0.717, 1.165) is 46.0 Å². The molecule has 28 heavy (non-hydrogen) atoms. The van der Waals surface area contributed by atoms with Gasteiger partial charge < -0.3 is 15.0 Å². The van der Waals surface area contributed by atoms with Crippen LogP contribution in [-0.2, 0) is 9.53 Å². The lowest BCUT2D eigenvalue weighted by molar-refractivity contribution is -0.125. The van der Waals surface area contributed by atoms with Gasteiger partial charge in [0, 0.05) is 42.7 Å². The van der Waals surface area contributed by atoms with Gasteiger partial charge in [0.2, 0.25) is 5.91 Å². The van der Waals surface area contributed by atoms with Crippen LogP contribution in [0.25, 0.3) is 0 Å². The Labute approximate surface area is 178 Å². The quantitative estimate of drug-likeness (QED) is 0.599. The molecule has 3 rings (SSSR count). The molecule has 0 spiro atoms. The third kappa shape index (κ3) is 6.18. The largest absolute Gasteiger partial charge is 0.385 e. The van der Waals surface area contributed by atoms with Gasteiger partial charge in [0.25, 0.3) is 0 Å². The zero-order valence-corrected chi connectivity index (χ0v) is 18.3. The first kappa shape index (κ1) is 21.1. The number of carbonyl (C=O) groups excluding carboxylic acids is 1. The zero-order valence-electron chi connectivity index (χ0n) is 15.9. The molecule has 0 bridgehead atoms. The number of hydrogen-bond donors (Lipinski definition) is 1. The lowest BCUT2D eigenvalue weighted by Crippen LogP contribution is -2.43. The highest BCUT2D eigenvalue weighted by Gasteiger charge is 2.26. The summed E-state index contributed by atoms with van der Waals surface area (Å²) < 4.78 is 6.07. The van der Waals surface area contributed by atoms with Gasteiger partial charge in [-0.15, -0.1) is 10.2 Å². The summed E-state index contributed by atoms with van der Waals surface area (Å²) in [5.41, 5.74) is 0. The second-order valence-electron chi connectivity index (χ2n) is 6.71. The van der Waals surface area contributed by atoms with Crippen LogP contribution in [0.2, 0.25) is 0 Å². The number of anilines is 1. The average Bonchev–Trinajstić information content (AvgIpc) is 2.73. The van der Waals surface area contributed by atoms with Gasteiger partial charge in [0.1, 0.15) is 5.03 Å². The number of carbonyl (C=O) groups is 1. The summed E-state index contributed by atoms with van der Waals surface area (Å²) in [5, 5.41) is 12.6. The molecule has 2 heterocycles. The third-order valence-corrected chi connectivity index (χ3v) is 6.07. The normalized spacial score (nSPS) is 16.8. The molecule has 1 atom stereocenters. The molecule has 1 fully saturated rings. The molecule has 0 aliphatic carbocycles. The van der Waals surface area contributed by atoms with Crippen LogP contribution in [0.1, 0.15) is 19.3 Å². The molecule has 8 heteroatoms. The molecule has 0 saturated carbocycles. The summed E-state index contributed by atoms with van der Waals surface area (Å²) in [6.07, 6.45) is 2.73. The molecule has 1 unspecified atom stereocenters. The fourth-order valence-corrected chi connectivity index (χ4v) is 4.13. The van der Waals surface area contributed by atoms with Crippen molar-refractivity contribution in [2.45, 2.75) is 29.2 Å². The van der Waals surface area contributed by atoms with Crippen molar-refractivity contribution in [2.24, 2.45) is 5.92 Å². The molecule has 1 amide bonds. The van der Waals surface area contributed by atoms with E-state index in [1.807, 2.05) is 36.4 Å². The molecule has 1 aliphatic heterocycles. The summed E-state index contributed by atoms with van der Waals surface area (Å²) in [6.45, 7) is 2.91. The minimum absolute atomic E-state index is 0.00471. The van der Waals surface area contributed by atoms with Crippen LogP contribution in [-0.4, -0.2) is 49.5 Å². The topological polar surface area (TPSA) is 67.3 Å². The Bertz CT molecular complexity index is 758. The van der Waals surface area contributed by atoms with E-state index >= 15 is 0 Å². The smallest absolute Gasteiger partial charge is 0.224 e. The van der Waals surface area contributed by atoms with Crippen LogP contribution >= 0.6 is 27.7 Å². The van der Waals surface area contributed by atoms with Gasteiger partial charge in [-0.2, -0.15) is 0 Å². The first-order chi connectivity index (χ1) is 13.7. The van der Waals surface area contributed by atoms with E-state index < -0.39 is 0 Å². The molecule has 1 saturated heterocycles. The molecule has 1 aromatic heterocycles. The van der Waals surface area contributed by atoms with Crippen LogP contribution in [0.3, 0.4) is 0 Å². The van der Waals surface area contributed by atoms with E-state index in [4.69, 9.17) is 4.74 Å². The molecule has 2 aromatic rings. The maximum atomic E-state index is 12.4. The van der Waals surface area contributed by atoms with Gasteiger partial charge in [-0.1, -0.05) is 27.7 Å². The Kier molecular flexibility index (Phi) is 8.12. The summed E-state index contributed by atoms with van der Waals surface area (Å²) in [6, 6.07) is 12.1. The van der Waals surface area contributed by atoms with Crippen LogP contribution < -0.4 is 10.2 Å². The van der Waals surface area contributed by atoms with Gasteiger partial charge in [0.05, 0.1) is 5.92 Å². The highest BCUT2D eigenvalue weighted by atomic mass is 79.9. The SMILES string of the molecule is COCCCNC(=O)C1CCCN(c2ccc(Sc3ccc(Br)cc3)nn2)C1. The standard InChI is InChI=1S/C20H25BrN4O2S/c1-27-13-3-11-22-20(26)15-4-2-12-25(14-15)18-9-10-19(24-23-18)28-17-7-5-16(21)6-8-17/h5-10,15H,2-4,11-14H2,1H3,(H,22,26). The number of ether oxygens (including phenoxy) is 1. The maximum Gasteiger partial charge on any atom is 0.224 e. The van der Waals surface area contributed by atoms with E-state index in [0.29, 0.717) is 19.7 Å². The Morgan fingerprint density at radius 3 is 2.82 bits per heavy atom. The van der Waals surface area contributed by atoms with Gasteiger partial charge in [0.15, 0.2) is 5.82 Å². The van der Waals surface area contributed by atoms with Crippen LogP contribution in [0, 0.1) is 5.92 Å². The fourth-order valence-electron chi connectivity index (χ4n) is 3.13. The number of nitrogens with one attached hydrogen (secondary N) is 1. The third-order valence-electron chi connectivity index (χ3n) is 4.60. The van der Waals surface area contributed by atoms with Crippen molar-refractivity contribution in [3.63, 3.8) is 0 Å². The highest BCUT2D eigenvalue weighted by molar-refractivity contribution is 9.10. The van der Waals surface area contributed by atoms with Gasteiger partial charge >= 0.3 is 0 Å². The average molecular weight is 465 g/mol. The maximum absolute atomic E-state index is 12.4. The molecule has 1 aromatic carbocycles. The molecule has 1 N–H and O–H groups in total. The van der Waals surface area contributed by atoms with Crippen molar-refractivity contribution < 1.29 is 9.53 Å². The molecule has 150 valence electrons. The molecule has 1 aliphatic rings. The second-order valence-corrected chi connectivity index (χ2v) is 8.72. The predicted octanol–water partition coefficient (Wildman–Crippen LogP) is 3.76. The molecular formula is C20H25BrN4O2S. The Balaban J connectivity index is 1.54. The Morgan fingerprint density at radius 1 is 1.29 bits per heavy atom. The summed E-state index contributed by atoms with van der Waals surface area (Å²) >= 11 is 5.03. The first-order valence-corrected chi connectivity index (χ1v) is 11.1. The monoisotopic (exact) mass is 464 g/mol. The Morgan fingerprint density at radius 2 is 2.11 bits per heavy atom. The van der Waals surface area contributed by atoms with E-state index in [9.17, 15) is 4.79 Å². The van der Waals surface area contributed by atoms with E-state index in [1.54, 1.807) is 18.9 Å². The number of hydrogen-bond acceptors (Lipinski definition) is 6. The molecular weight excluding hydrogens is 440 g/mol. The van der Waals surface area contributed by atoms with Crippen molar-refractivity contribution in [1.29, 1.82) is 0 Å². The molecule has 6 nitrogen and oxygen atoms in total.